The van der Waals surface area contributed by atoms with Crippen LogP contribution in [0.5, 0.6) is 5.75 Å². The third-order valence-corrected chi connectivity index (χ3v) is 3.67. The Morgan fingerprint density at radius 1 is 1.38 bits per heavy atom. The number of rotatable bonds is 6. The molecule has 1 aliphatic heterocycles. The van der Waals surface area contributed by atoms with E-state index in [1.165, 1.54) is 0 Å². The maximum absolute atomic E-state index is 12.2. The van der Waals surface area contributed by atoms with E-state index >= 15 is 0 Å². The van der Waals surface area contributed by atoms with E-state index in [0.29, 0.717) is 17.9 Å². The molecule has 0 saturated heterocycles. The van der Waals surface area contributed by atoms with Crippen LogP contribution in [0.15, 0.2) is 18.2 Å². The number of anilines is 1. The van der Waals surface area contributed by atoms with Crippen LogP contribution in [0.1, 0.15) is 25.8 Å². The van der Waals surface area contributed by atoms with E-state index in [1.54, 1.807) is 11.0 Å². The number of ether oxygens (including phenoxy) is 1. The topological polar surface area (TPSA) is 95.9 Å². The molecule has 1 aromatic rings. The lowest BCUT2D eigenvalue weighted by atomic mass is 10.0. The maximum atomic E-state index is 12.2. The summed E-state index contributed by atoms with van der Waals surface area (Å²) in [4.78, 5) is 36.8. The highest BCUT2D eigenvalue weighted by Crippen LogP contribution is 2.32. The van der Waals surface area contributed by atoms with E-state index in [9.17, 15) is 19.5 Å². The number of fused-ring (bicyclic) bond motifs is 1. The summed E-state index contributed by atoms with van der Waals surface area (Å²) < 4.78 is 5.16. The van der Waals surface area contributed by atoms with Gasteiger partial charge in [0.1, 0.15) is 12.6 Å². The van der Waals surface area contributed by atoms with Gasteiger partial charge in [0.2, 0.25) is 5.91 Å². The zero-order valence-corrected chi connectivity index (χ0v) is 14.0. The number of amides is 1. The fourth-order valence-electron chi connectivity index (χ4n) is 2.60. The van der Waals surface area contributed by atoms with Gasteiger partial charge in [-0.2, -0.15) is 0 Å². The first-order valence-corrected chi connectivity index (χ1v) is 7.84. The van der Waals surface area contributed by atoms with E-state index < -0.39 is 23.9 Å². The third-order valence-electron chi connectivity index (χ3n) is 3.67. The van der Waals surface area contributed by atoms with Crippen LogP contribution in [0.2, 0.25) is 0 Å². The van der Waals surface area contributed by atoms with E-state index in [0.717, 1.165) is 5.56 Å². The average Bonchev–Trinajstić information content (AvgIpc) is 2.46. The van der Waals surface area contributed by atoms with Crippen molar-refractivity contribution < 1.29 is 24.2 Å². The van der Waals surface area contributed by atoms with Gasteiger partial charge in [-0.05, 0) is 37.0 Å². The summed E-state index contributed by atoms with van der Waals surface area (Å²) in [7, 11) is 0. The molecule has 0 spiro atoms. The van der Waals surface area contributed by atoms with Crippen LogP contribution in [-0.4, -0.2) is 42.1 Å². The number of carboxylic acid groups (broad SMARTS) is 1. The number of nitrogens with zero attached hydrogens (tertiary/aromatic N) is 1. The lowest BCUT2D eigenvalue weighted by Gasteiger charge is -2.30. The molecule has 7 nitrogen and oxygen atoms in total. The minimum atomic E-state index is -1.06. The lowest BCUT2D eigenvalue weighted by Crippen LogP contribution is -2.48. The molecule has 0 aromatic heterocycles. The molecule has 0 saturated carbocycles. The number of aryl methyl sites for hydroxylation is 1. The first-order chi connectivity index (χ1) is 11.3. The summed E-state index contributed by atoms with van der Waals surface area (Å²) in [5.74, 6) is -1.41. The molecule has 0 aliphatic carbocycles. The van der Waals surface area contributed by atoms with E-state index in [4.69, 9.17) is 4.74 Å². The summed E-state index contributed by atoms with van der Waals surface area (Å²) in [5, 5.41) is 11.7. The number of hydrogen-bond acceptors (Lipinski definition) is 5. The molecule has 0 bridgehead atoms. The molecule has 130 valence electrons. The minimum Gasteiger partial charge on any atom is -0.480 e. The fourth-order valence-corrected chi connectivity index (χ4v) is 2.60. The second-order valence-electron chi connectivity index (χ2n) is 6.39. The lowest BCUT2D eigenvalue weighted by molar-refractivity contribution is -0.142. The van der Waals surface area contributed by atoms with Crippen molar-refractivity contribution in [2.45, 2.75) is 33.2 Å². The van der Waals surface area contributed by atoms with Crippen molar-refractivity contribution in [2.75, 3.05) is 18.0 Å². The predicted molar refractivity (Wildman–Crippen MR) is 88.0 cm³/mol. The highest BCUT2D eigenvalue weighted by atomic mass is 16.5. The van der Waals surface area contributed by atoms with Crippen LogP contribution in [-0.2, 0) is 14.4 Å². The molecule has 1 unspecified atom stereocenters. The van der Waals surface area contributed by atoms with Crippen molar-refractivity contribution in [1.29, 1.82) is 0 Å². The smallest absolute Gasteiger partial charge is 0.331 e. The van der Waals surface area contributed by atoms with Gasteiger partial charge in [-0.15, -0.1) is 0 Å². The molecule has 0 radical (unpaired) electrons. The molecule has 2 rings (SSSR count). The van der Waals surface area contributed by atoms with Crippen LogP contribution in [0.4, 0.5) is 5.69 Å². The molecule has 0 fully saturated rings. The zero-order valence-electron chi connectivity index (χ0n) is 14.0. The predicted octanol–water partition coefficient (Wildman–Crippen LogP) is 1.34. The van der Waals surface area contributed by atoms with Crippen molar-refractivity contribution in [3.8, 4) is 5.75 Å². The van der Waals surface area contributed by atoms with Crippen LogP contribution < -0.4 is 15.0 Å². The monoisotopic (exact) mass is 334 g/mol. The summed E-state index contributed by atoms with van der Waals surface area (Å²) in [5.41, 5.74) is 1.63. The Morgan fingerprint density at radius 2 is 2.08 bits per heavy atom. The van der Waals surface area contributed by atoms with Crippen molar-refractivity contribution >= 4 is 23.5 Å². The number of benzene rings is 1. The molecule has 1 aromatic carbocycles. The minimum absolute atomic E-state index is 0.0498. The highest BCUT2D eigenvalue weighted by molar-refractivity contribution is 5.91. The van der Waals surface area contributed by atoms with Crippen molar-refractivity contribution in [3.63, 3.8) is 0 Å². The molecule has 1 aliphatic rings. The first-order valence-electron chi connectivity index (χ1n) is 7.84. The van der Waals surface area contributed by atoms with Gasteiger partial charge >= 0.3 is 11.9 Å². The molecule has 2 N–H and O–H groups in total. The standard InChI is InChI=1S/C17H22N2O5/c1-10(2)6-12(17(22)23)18-15(20)8-19-9-16(21)24-14-5-4-11(3)7-13(14)19/h4-5,7,10,12H,6,8-9H2,1-3H3,(H,18,20)(H,22,23). The van der Waals surface area contributed by atoms with Gasteiger partial charge in [0.05, 0.1) is 12.2 Å². The van der Waals surface area contributed by atoms with Gasteiger partial charge in [-0.25, -0.2) is 9.59 Å². The largest absolute Gasteiger partial charge is 0.480 e. The molecule has 24 heavy (non-hydrogen) atoms. The second kappa shape index (κ2) is 7.33. The number of carboxylic acids is 1. The van der Waals surface area contributed by atoms with Crippen LogP contribution >= 0.6 is 0 Å². The maximum Gasteiger partial charge on any atom is 0.331 e. The normalized spacial score (nSPS) is 14.8. The van der Waals surface area contributed by atoms with E-state index in [-0.39, 0.29) is 19.0 Å². The Labute approximate surface area is 140 Å². The summed E-state index contributed by atoms with van der Waals surface area (Å²) in [6.45, 7) is 5.53. The molecule has 1 heterocycles. The zero-order chi connectivity index (χ0) is 17.9. The van der Waals surface area contributed by atoms with Crippen molar-refractivity contribution in [2.24, 2.45) is 5.92 Å². The molecule has 1 amide bonds. The highest BCUT2D eigenvalue weighted by Gasteiger charge is 2.27. The average molecular weight is 334 g/mol. The quantitative estimate of drug-likeness (QED) is 0.602. The SMILES string of the molecule is Cc1ccc2c(c1)N(CC(=O)NC(CC(C)C)C(=O)O)CC(=O)O2. The van der Waals surface area contributed by atoms with Crippen LogP contribution in [0.3, 0.4) is 0 Å². The molecule has 7 heteroatoms. The van der Waals surface area contributed by atoms with Crippen LogP contribution in [0.25, 0.3) is 0 Å². The summed E-state index contributed by atoms with van der Waals surface area (Å²) in [6, 6.07) is 4.40. The van der Waals surface area contributed by atoms with Gasteiger partial charge in [0, 0.05) is 0 Å². The number of nitrogens with one attached hydrogen (secondary N) is 1. The Bertz CT molecular complexity index is 656. The second-order valence-corrected chi connectivity index (χ2v) is 6.39. The van der Waals surface area contributed by atoms with Crippen molar-refractivity contribution in [3.05, 3.63) is 23.8 Å². The first kappa shape index (κ1) is 17.8. The number of carbonyl (C=O) groups excluding carboxylic acids is 2. The summed E-state index contributed by atoms with van der Waals surface area (Å²) in [6.07, 6.45) is 0.346. The molecular formula is C17H22N2O5. The van der Waals surface area contributed by atoms with Gasteiger partial charge in [0.25, 0.3) is 0 Å². The molecular weight excluding hydrogens is 312 g/mol. The van der Waals surface area contributed by atoms with E-state index in [2.05, 4.69) is 5.32 Å². The Balaban J connectivity index is 2.10. The fraction of sp³-hybridized carbons (Fsp3) is 0.471. The third kappa shape index (κ3) is 4.47. The molecule has 1 atom stereocenters. The summed E-state index contributed by atoms with van der Waals surface area (Å²) >= 11 is 0. The van der Waals surface area contributed by atoms with E-state index in [1.807, 2.05) is 32.9 Å². The number of hydrogen-bond donors (Lipinski definition) is 2. The Kier molecular flexibility index (Phi) is 5.43. The Hall–Kier alpha value is -2.57. The van der Waals surface area contributed by atoms with Gasteiger partial charge in [-0.1, -0.05) is 19.9 Å². The van der Waals surface area contributed by atoms with Gasteiger partial charge in [-0.3, -0.25) is 4.79 Å². The van der Waals surface area contributed by atoms with Crippen molar-refractivity contribution in [1.82, 2.24) is 5.32 Å². The van der Waals surface area contributed by atoms with Gasteiger partial charge < -0.3 is 20.1 Å². The Morgan fingerprint density at radius 3 is 2.71 bits per heavy atom. The number of aliphatic carboxylic acids is 1. The number of carbonyl (C=O) groups is 3. The number of esters is 1. The van der Waals surface area contributed by atoms with Crippen LogP contribution in [0, 0.1) is 12.8 Å². The van der Waals surface area contributed by atoms with Gasteiger partial charge in [0.15, 0.2) is 5.75 Å².